The van der Waals surface area contributed by atoms with Crippen molar-refractivity contribution in [1.82, 2.24) is 0 Å². The van der Waals surface area contributed by atoms with Crippen molar-refractivity contribution in [1.29, 1.82) is 0 Å². The van der Waals surface area contributed by atoms with E-state index in [9.17, 15) is 9.18 Å². The van der Waals surface area contributed by atoms with Crippen molar-refractivity contribution in [2.45, 2.75) is 20.3 Å². The molecule has 0 saturated carbocycles. The number of carbonyl (C=O) groups excluding carboxylic acids is 1. The standard InChI is InChI=1S/C17H17FO/c1-12(2)17(19)11-13-3-5-14(6-4-13)15-7-9-16(18)10-8-15/h3-10,12H,11H2,1-2H3. The molecule has 0 N–H and O–H groups in total. The number of ketones is 1. The van der Waals surface area contributed by atoms with Crippen molar-refractivity contribution >= 4 is 5.78 Å². The third kappa shape index (κ3) is 3.50. The zero-order valence-corrected chi connectivity index (χ0v) is 11.2. The monoisotopic (exact) mass is 256 g/mol. The Morgan fingerprint density at radius 2 is 1.42 bits per heavy atom. The van der Waals surface area contributed by atoms with Crippen LogP contribution in [0.15, 0.2) is 48.5 Å². The molecule has 0 saturated heterocycles. The van der Waals surface area contributed by atoms with Crippen LogP contribution in [0.3, 0.4) is 0 Å². The second-order valence-corrected chi connectivity index (χ2v) is 5.00. The summed E-state index contributed by atoms with van der Waals surface area (Å²) in [6.07, 6.45) is 0.474. The summed E-state index contributed by atoms with van der Waals surface area (Å²) in [6, 6.07) is 14.3. The molecule has 0 heterocycles. The lowest BCUT2D eigenvalue weighted by atomic mass is 9.98. The van der Waals surface area contributed by atoms with E-state index in [0.29, 0.717) is 6.42 Å². The van der Waals surface area contributed by atoms with Crippen LogP contribution in [0.5, 0.6) is 0 Å². The highest BCUT2D eigenvalue weighted by molar-refractivity contribution is 5.82. The molecule has 0 atom stereocenters. The second-order valence-electron chi connectivity index (χ2n) is 5.00. The molecular weight excluding hydrogens is 239 g/mol. The molecule has 0 fully saturated rings. The molecule has 2 aromatic carbocycles. The highest BCUT2D eigenvalue weighted by atomic mass is 19.1. The van der Waals surface area contributed by atoms with Gasteiger partial charge in [0.2, 0.25) is 0 Å². The Morgan fingerprint density at radius 3 is 1.89 bits per heavy atom. The number of benzene rings is 2. The van der Waals surface area contributed by atoms with Gasteiger partial charge in [-0.3, -0.25) is 4.79 Å². The van der Waals surface area contributed by atoms with Crippen LogP contribution in [0.1, 0.15) is 19.4 Å². The van der Waals surface area contributed by atoms with E-state index in [-0.39, 0.29) is 17.5 Å². The van der Waals surface area contributed by atoms with E-state index in [2.05, 4.69) is 0 Å². The van der Waals surface area contributed by atoms with E-state index in [1.165, 1.54) is 12.1 Å². The average molecular weight is 256 g/mol. The summed E-state index contributed by atoms with van der Waals surface area (Å²) in [6.45, 7) is 3.82. The zero-order valence-electron chi connectivity index (χ0n) is 11.2. The Balaban J connectivity index is 2.14. The highest BCUT2D eigenvalue weighted by Gasteiger charge is 2.08. The third-order valence-corrected chi connectivity index (χ3v) is 3.15. The molecule has 0 bridgehead atoms. The summed E-state index contributed by atoms with van der Waals surface area (Å²) in [5.74, 6) is 0.0780. The predicted molar refractivity (Wildman–Crippen MR) is 75.4 cm³/mol. The van der Waals surface area contributed by atoms with Gasteiger partial charge in [-0.15, -0.1) is 0 Å². The average Bonchev–Trinajstić information content (AvgIpc) is 2.40. The third-order valence-electron chi connectivity index (χ3n) is 3.15. The molecule has 2 heteroatoms. The van der Waals surface area contributed by atoms with E-state index in [1.807, 2.05) is 38.1 Å². The minimum atomic E-state index is -0.233. The van der Waals surface area contributed by atoms with Crippen molar-refractivity contribution in [3.05, 3.63) is 59.9 Å². The van der Waals surface area contributed by atoms with Crippen LogP contribution in [0.2, 0.25) is 0 Å². The van der Waals surface area contributed by atoms with Crippen molar-refractivity contribution in [3.8, 4) is 11.1 Å². The van der Waals surface area contributed by atoms with E-state index in [4.69, 9.17) is 0 Å². The number of hydrogen-bond donors (Lipinski definition) is 0. The highest BCUT2D eigenvalue weighted by Crippen LogP contribution is 2.20. The van der Waals surface area contributed by atoms with Crippen molar-refractivity contribution < 1.29 is 9.18 Å². The Hall–Kier alpha value is -1.96. The van der Waals surface area contributed by atoms with Gasteiger partial charge in [-0.05, 0) is 28.8 Å². The Kier molecular flexibility index (Phi) is 4.10. The smallest absolute Gasteiger partial charge is 0.139 e. The summed E-state index contributed by atoms with van der Waals surface area (Å²) < 4.78 is 12.8. The molecule has 0 radical (unpaired) electrons. The first-order valence-corrected chi connectivity index (χ1v) is 6.44. The quantitative estimate of drug-likeness (QED) is 0.798. The minimum Gasteiger partial charge on any atom is -0.299 e. The maximum Gasteiger partial charge on any atom is 0.139 e. The van der Waals surface area contributed by atoms with Crippen LogP contribution in [-0.2, 0) is 11.2 Å². The van der Waals surface area contributed by atoms with Crippen molar-refractivity contribution in [2.75, 3.05) is 0 Å². The molecule has 2 rings (SSSR count). The van der Waals surface area contributed by atoms with Gasteiger partial charge in [0.15, 0.2) is 0 Å². The summed E-state index contributed by atoms with van der Waals surface area (Å²) in [4.78, 5) is 11.7. The molecule has 0 aliphatic heterocycles. The molecule has 0 aromatic heterocycles. The van der Waals surface area contributed by atoms with Crippen LogP contribution < -0.4 is 0 Å². The van der Waals surface area contributed by atoms with Gasteiger partial charge in [0.05, 0.1) is 0 Å². The van der Waals surface area contributed by atoms with Crippen LogP contribution >= 0.6 is 0 Å². The van der Waals surface area contributed by atoms with Crippen LogP contribution in [0, 0.1) is 11.7 Å². The summed E-state index contributed by atoms with van der Waals surface area (Å²) >= 11 is 0. The summed E-state index contributed by atoms with van der Waals surface area (Å²) in [5, 5.41) is 0. The molecule has 1 nitrogen and oxygen atoms in total. The maximum atomic E-state index is 12.8. The van der Waals surface area contributed by atoms with E-state index in [0.717, 1.165) is 16.7 Å². The summed E-state index contributed by atoms with van der Waals surface area (Å²) in [5.41, 5.74) is 3.02. The van der Waals surface area contributed by atoms with Crippen LogP contribution in [0.25, 0.3) is 11.1 Å². The largest absolute Gasteiger partial charge is 0.299 e. The number of rotatable bonds is 4. The molecule has 2 aromatic rings. The minimum absolute atomic E-state index is 0.0665. The van der Waals surface area contributed by atoms with Gasteiger partial charge < -0.3 is 0 Å². The van der Waals surface area contributed by atoms with Gasteiger partial charge in [-0.1, -0.05) is 50.2 Å². The molecule has 0 aliphatic rings. The topological polar surface area (TPSA) is 17.1 Å². The number of hydrogen-bond acceptors (Lipinski definition) is 1. The van der Waals surface area contributed by atoms with E-state index < -0.39 is 0 Å². The van der Waals surface area contributed by atoms with Gasteiger partial charge in [-0.25, -0.2) is 4.39 Å². The molecule has 0 amide bonds. The normalized spacial score (nSPS) is 10.7. The zero-order chi connectivity index (χ0) is 13.8. The van der Waals surface area contributed by atoms with E-state index >= 15 is 0 Å². The van der Waals surface area contributed by atoms with E-state index in [1.54, 1.807) is 12.1 Å². The second kappa shape index (κ2) is 5.79. The maximum absolute atomic E-state index is 12.8. The van der Waals surface area contributed by atoms with Gasteiger partial charge in [0, 0.05) is 12.3 Å². The predicted octanol–water partition coefficient (Wildman–Crippen LogP) is 4.26. The fraction of sp³-hybridized carbons (Fsp3) is 0.235. The van der Waals surface area contributed by atoms with Gasteiger partial charge in [0.1, 0.15) is 11.6 Å². The summed E-state index contributed by atoms with van der Waals surface area (Å²) in [7, 11) is 0. The van der Waals surface area contributed by atoms with Crippen molar-refractivity contribution in [3.63, 3.8) is 0 Å². The first-order chi connectivity index (χ1) is 9.06. The van der Waals surface area contributed by atoms with Crippen LogP contribution in [-0.4, -0.2) is 5.78 Å². The fourth-order valence-corrected chi connectivity index (χ4v) is 1.86. The Bertz CT molecular complexity index is 553. The molecule has 0 spiro atoms. The Morgan fingerprint density at radius 1 is 0.947 bits per heavy atom. The van der Waals surface area contributed by atoms with Gasteiger partial charge in [0.25, 0.3) is 0 Å². The molecule has 0 aliphatic carbocycles. The number of halogens is 1. The number of carbonyl (C=O) groups is 1. The lowest BCUT2D eigenvalue weighted by Gasteiger charge is -2.06. The lowest BCUT2D eigenvalue weighted by molar-refractivity contribution is -0.121. The van der Waals surface area contributed by atoms with Gasteiger partial charge in [-0.2, -0.15) is 0 Å². The first kappa shape index (κ1) is 13.5. The SMILES string of the molecule is CC(C)C(=O)Cc1ccc(-c2ccc(F)cc2)cc1. The molecular formula is C17H17FO. The molecule has 0 unspecified atom stereocenters. The lowest BCUT2D eigenvalue weighted by Crippen LogP contribution is -2.09. The first-order valence-electron chi connectivity index (χ1n) is 6.44. The fourth-order valence-electron chi connectivity index (χ4n) is 1.86. The Labute approximate surface area is 113 Å². The van der Waals surface area contributed by atoms with Crippen molar-refractivity contribution in [2.24, 2.45) is 5.92 Å². The van der Waals surface area contributed by atoms with Crippen LogP contribution in [0.4, 0.5) is 4.39 Å². The number of Topliss-reactive ketones (excluding diaryl/α,β-unsaturated/α-hetero) is 1. The molecule has 98 valence electrons. The van der Waals surface area contributed by atoms with Gasteiger partial charge >= 0.3 is 0 Å². The molecule has 19 heavy (non-hydrogen) atoms.